The Kier molecular flexibility index (Phi) is 5.84. The maximum atomic E-state index is 13.3. The fourth-order valence-electron chi connectivity index (χ4n) is 2.80. The Morgan fingerprint density at radius 3 is 2.46 bits per heavy atom. The molecule has 2 unspecified atom stereocenters. The third-order valence-corrected chi connectivity index (χ3v) is 5.62. The third-order valence-electron chi connectivity index (χ3n) is 4.04. The average molecular weight is 394 g/mol. The lowest BCUT2D eigenvalue weighted by molar-refractivity contribution is -0.147. The molecule has 0 spiro atoms. The normalized spacial score (nSPS) is 19.4. The van der Waals surface area contributed by atoms with Crippen LogP contribution in [-0.2, 0) is 9.53 Å². The van der Waals surface area contributed by atoms with Crippen LogP contribution >= 0.6 is 23.4 Å². The Morgan fingerprint density at radius 2 is 1.85 bits per heavy atom. The molecule has 0 radical (unpaired) electrons. The van der Waals surface area contributed by atoms with Gasteiger partial charge in [-0.1, -0.05) is 23.7 Å². The highest BCUT2D eigenvalue weighted by Crippen LogP contribution is 2.42. The van der Waals surface area contributed by atoms with E-state index in [1.165, 1.54) is 28.8 Å². The van der Waals surface area contributed by atoms with E-state index in [1.807, 2.05) is 0 Å². The number of ether oxygens (including phenoxy) is 1. The molecule has 0 aliphatic carbocycles. The van der Waals surface area contributed by atoms with Crippen LogP contribution in [0.5, 0.6) is 0 Å². The topological polar surface area (TPSA) is 46.6 Å². The monoisotopic (exact) mass is 393 g/mol. The van der Waals surface area contributed by atoms with Gasteiger partial charge in [-0.3, -0.25) is 4.79 Å². The van der Waals surface area contributed by atoms with Crippen molar-refractivity contribution in [3.63, 3.8) is 0 Å². The minimum Gasteiger partial charge on any atom is -0.464 e. The first kappa shape index (κ1) is 18.7. The Bertz CT molecular complexity index is 797. The van der Waals surface area contributed by atoms with Gasteiger partial charge < -0.3 is 9.64 Å². The number of hydrogen-bond acceptors (Lipinski definition) is 4. The van der Waals surface area contributed by atoms with Crippen molar-refractivity contribution in [2.75, 3.05) is 12.4 Å². The first-order chi connectivity index (χ1) is 12.5. The predicted octanol–water partition coefficient (Wildman–Crippen LogP) is 4.30. The Hall–Kier alpha value is -2.05. The molecule has 26 heavy (non-hydrogen) atoms. The standard InChI is InChI=1S/C19H17ClFNO3S/c1-2-25-19(24)16-11-26-18(13-5-9-15(21)10-6-13)22(16)17(23)12-3-7-14(20)8-4-12/h3-10,16,18H,2,11H2,1H3. The van der Waals surface area contributed by atoms with Crippen LogP contribution < -0.4 is 0 Å². The van der Waals surface area contributed by atoms with Crippen LogP contribution in [-0.4, -0.2) is 35.2 Å². The second kappa shape index (κ2) is 8.10. The molecule has 0 saturated carbocycles. The molecule has 7 heteroatoms. The predicted molar refractivity (Wildman–Crippen MR) is 99.6 cm³/mol. The number of esters is 1. The summed E-state index contributed by atoms with van der Waals surface area (Å²) in [6.07, 6.45) is 0. The molecular weight excluding hydrogens is 377 g/mol. The van der Waals surface area contributed by atoms with E-state index in [0.29, 0.717) is 16.3 Å². The molecular formula is C19H17ClFNO3S. The van der Waals surface area contributed by atoms with Crippen LogP contribution in [0.15, 0.2) is 48.5 Å². The van der Waals surface area contributed by atoms with Gasteiger partial charge in [-0.25, -0.2) is 9.18 Å². The molecule has 2 aromatic rings. The molecule has 1 aliphatic heterocycles. The number of carbonyl (C=O) groups excluding carboxylic acids is 2. The summed E-state index contributed by atoms with van der Waals surface area (Å²) in [6, 6.07) is 11.8. The fraction of sp³-hybridized carbons (Fsp3) is 0.263. The van der Waals surface area contributed by atoms with E-state index in [-0.39, 0.29) is 18.3 Å². The lowest BCUT2D eigenvalue weighted by Crippen LogP contribution is -2.43. The van der Waals surface area contributed by atoms with Crippen molar-refractivity contribution in [1.29, 1.82) is 0 Å². The summed E-state index contributed by atoms with van der Waals surface area (Å²) in [5.74, 6) is -0.666. The molecule has 2 atom stereocenters. The largest absolute Gasteiger partial charge is 0.464 e. The summed E-state index contributed by atoms with van der Waals surface area (Å²) in [6.45, 7) is 1.97. The summed E-state index contributed by atoms with van der Waals surface area (Å²) >= 11 is 7.35. The zero-order valence-corrected chi connectivity index (χ0v) is 15.6. The zero-order chi connectivity index (χ0) is 18.7. The molecule has 0 N–H and O–H groups in total. The van der Waals surface area contributed by atoms with Gasteiger partial charge in [-0.2, -0.15) is 0 Å². The molecule has 1 fully saturated rings. The number of amides is 1. The number of rotatable bonds is 4. The molecule has 136 valence electrons. The Morgan fingerprint density at radius 1 is 1.19 bits per heavy atom. The first-order valence-corrected chi connectivity index (χ1v) is 9.56. The van der Waals surface area contributed by atoms with Crippen LogP contribution in [0, 0.1) is 5.82 Å². The quantitative estimate of drug-likeness (QED) is 0.726. The highest BCUT2D eigenvalue weighted by Gasteiger charge is 2.43. The van der Waals surface area contributed by atoms with Crippen LogP contribution in [0.3, 0.4) is 0 Å². The van der Waals surface area contributed by atoms with Crippen molar-refractivity contribution in [3.05, 3.63) is 70.5 Å². The summed E-state index contributed by atoms with van der Waals surface area (Å²) in [5.41, 5.74) is 1.18. The second-order valence-electron chi connectivity index (χ2n) is 5.72. The smallest absolute Gasteiger partial charge is 0.329 e. The van der Waals surface area contributed by atoms with E-state index >= 15 is 0 Å². The molecule has 2 aromatic carbocycles. The van der Waals surface area contributed by atoms with E-state index < -0.39 is 17.4 Å². The number of nitrogens with zero attached hydrogens (tertiary/aromatic N) is 1. The van der Waals surface area contributed by atoms with Gasteiger partial charge in [0.05, 0.1) is 6.61 Å². The van der Waals surface area contributed by atoms with E-state index in [1.54, 1.807) is 43.3 Å². The summed E-state index contributed by atoms with van der Waals surface area (Å²) in [5, 5.41) is 0.127. The van der Waals surface area contributed by atoms with Crippen molar-refractivity contribution < 1.29 is 18.7 Å². The maximum absolute atomic E-state index is 13.3. The van der Waals surface area contributed by atoms with Crippen molar-refractivity contribution >= 4 is 35.2 Å². The number of halogens is 2. The van der Waals surface area contributed by atoms with Gasteiger partial charge in [0, 0.05) is 16.3 Å². The van der Waals surface area contributed by atoms with Gasteiger partial charge in [0.1, 0.15) is 17.2 Å². The summed E-state index contributed by atoms with van der Waals surface area (Å²) < 4.78 is 18.4. The molecule has 1 heterocycles. The number of thioether (sulfide) groups is 1. The molecule has 1 saturated heterocycles. The lowest BCUT2D eigenvalue weighted by atomic mass is 10.1. The van der Waals surface area contributed by atoms with Crippen LogP contribution in [0.2, 0.25) is 5.02 Å². The van der Waals surface area contributed by atoms with Gasteiger partial charge in [-0.05, 0) is 48.9 Å². The molecule has 1 aliphatic rings. The van der Waals surface area contributed by atoms with Crippen molar-refractivity contribution in [2.24, 2.45) is 0 Å². The fourth-order valence-corrected chi connectivity index (χ4v) is 4.34. The zero-order valence-electron chi connectivity index (χ0n) is 14.0. The van der Waals surface area contributed by atoms with E-state index in [0.717, 1.165) is 5.56 Å². The highest BCUT2D eigenvalue weighted by molar-refractivity contribution is 7.99. The van der Waals surface area contributed by atoms with Crippen molar-refractivity contribution in [1.82, 2.24) is 4.90 Å². The summed E-state index contributed by atoms with van der Waals surface area (Å²) in [7, 11) is 0. The SMILES string of the molecule is CCOC(=O)C1CSC(c2ccc(F)cc2)N1C(=O)c1ccc(Cl)cc1. The van der Waals surface area contributed by atoms with Crippen molar-refractivity contribution in [3.8, 4) is 0 Å². The van der Waals surface area contributed by atoms with Gasteiger partial charge >= 0.3 is 5.97 Å². The molecule has 4 nitrogen and oxygen atoms in total. The number of benzene rings is 2. The molecule has 3 rings (SSSR count). The second-order valence-corrected chi connectivity index (χ2v) is 7.27. The van der Waals surface area contributed by atoms with E-state index in [2.05, 4.69) is 0 Å². The molecule has 0 bridgehead atoms. The van der Waals surface area contributed by atoms with Gasteiger partial charge in [0.25, 0.3) is 5.91 Å². The number of hydrogen-bond donors (Lipinski definition) is 0. The highest BCUT2D eigenvalue weighted by atomic mass is 35.5. The van der Waals surface area contributed by atoms with Gasteiger partial charge in [-0.15, -0.1) is 11.8 Å². The van der Waals surface area contributed by atoms with Crippen LogP contribution in [0.1, 0.15) is 28.2 Å². The minimum atomic E-state index is -0.696. The molecule has 1 amide bonds. The van der Waals surface area contributed by atoms with E-state index in [4.69, 9.17) is 16.3 Å². The number of carbonyl (C=O) groups is 2. The lowest BCUT2D eigenvalue weighted by Gasteiger charge is -2.28. The first-order valence-electron chi connectivity index (χ1n) is 8.13. The van der Waals surface area contributed by atoms with Crippen LogP contribution in [0.4, 0.5) is 4.39 Å². The summed E-state index contributed by atoms with van der Waals surface area (Å²) in [4.78, 5) is 27.0. The van der Waals surface area contributed by atoms with Crippen LogP contribution in [0.25, 0.3) is 0 Å². The van der Waals surface area contributed by atoms with Gasteiger partial charge in [0.15, 0.2) is 0 Å². The minimum absolute atomic E-state index is 0.240. The Balaban J connectivity index is 1.96. The Labute approximate surface area is 160 Å². The molecule has 0 aromatic heterocycles. The van der Waals surface area contributed by atoms with Crippen molar-refractivity contribution in [2.45, 2.75) is 18.3 Å². The average Bonchev–Trinajstić information content (AvgIpc) is 3.07. The maximum Gasteiger partial charge on any atom is 0.329 e. The van der Waals surface area contributed by atoms with E-state index in [9.17, 15) is 14.0 Å². The third kappa shape index (κ3) is 3.86. The van der Waals surface area contributed by atoms with Gasteiger partial charge in [0.2, 0.25) is 0 Å².